The van der Waals surface area contributed by atoms with Crippen molar-refractivity contribution < 1.29 is 9.21 Å². The average molecular weight is 593 g/mol. The smallest absolute Gasteiger partial charge is 0.273 e. The number of furan rings is 1. The Bertz CT molecular complexity index is 1940. The summed E-state index contributed by atoms with van der Waals surface area (Å²) in [4.78, 5) is 26.8. The highest BCUT2D eigenvalue weighted by Gasteiger charge is 2.18. The van der Waals surface area contributed by atoms with E-state index in [4.69, 9.17) is 39.2 Å². The molecule has 2 aromatic heterocycles. The Balaban J connectivity index is 1.66. The highest BCUT2D eigenvalue weighted by Crippen LogP contribution is 2.29. The third-order valence-corrected chi connectivity index (χ3v) is 7.78. The first-order valence-corrected chi connectivity index (χ1v) is 13.4. The maximum atomic E-state index is 13.6. The van der Waals surface area contributed by atoms with E-state index < -0.39 is 11.5 Å². The Morgan fingerprint density at radius 1 is 0.923 bits per heavy atom. The van der Waals surface area contributed by atoms with E-state index >= 15 is 0 Å². The standard InChI is InChI=1S/C29H16Cl3N3O3S/c30-21-12-10-17(14-23(21)32)25-13-11-19(38-25)15-26-28(37)35(18-6-2-1-3-7-18)29(39-26)20(16-33)27(36)34-24-9-5-4-8-22(24)31/h1-15H,(H,34,36)/b26-15+,29-20-. The van der Waals surface area contributed by atoms with Gasteiger partial charge in [-0.3, -0.25) is 14.2 Å². The average Bonchev–Trinajstić information content (AvgIpc) is 3.53. The van der Waals surface area contributed by atoms with E-state index in [0.29, 0.717) is 43.5 Å². The fourth-order valence-electron chi connectivity index (χ4n) is 3.77. The van der Waals surface area contributed by atoms with Crippen molar-refractivity contribution in [3.63, 3.8) is 0 Å². The molecule has 0 saturated carbocycles. The van der Waals surface area contributed by atoms with Gasteiger partial charge in [-0.05, 0) is 54.6 Å². The summed E-state index contributed by atoms with van der Waals surface area (Å²) in [7, 11) is 0. The zero-order valence-corrected chi connectivity index (χ0v) is 22.9. The molecule has 0 aliphatic rings. The highest BCUT2D eigenvalue weighted by molar-refractivity contribution is 7.07. The second-order valence-corrected chi connectivity index (χ2v) is 10.4. The quantitative estimate of drug-likeness (QED) is 0.261. The summed E-state index contributed by atoms with van der Waals surface area (Å²) < 4.78 is 7.71. The first-order valence-electron chi connectivity index (χ1n) is 11.4. The van der Waals surface area contributed by atoms with E-state index in [9.17, 15) is 14.9 Å². The number of aromatic nitrogens is 1. The number of benzene rings is 3. The molecule has 0 aliphatic heterocycles. The molecule has 2 heterocycles. The van der Waals surface area contributed by atoms with Gasteiger partial charge in [0.2, 0.25) is 0 Å². The number of nitriles is 1. The zero-order chi connectivity index (χ0) is 27.5. The SMILES string of the molecule is N#C/C(C(=O)Nc1ccccc1Cl)=c1/s/c(=C/c2ccc(-c3ccc(Cl)c(Cl)c3)o2)c(=O)n1-c1ccccc1. The normalized spacial score (nSPS) is 12.2. The van der Waals surface area contributed by atoms with E-state index in [2.05, 4.69) is 5.32 Å². The molecule has 0 aliphatic carbocycles. The predicted octanol–water partition coefficient (Wildman–Crippen LogP) is 6.26. The molecule has 1 N–H and O–H groups in total. The lowest BCUT2D eigenvalue weighted by atomic mass is 10.2. The van der Waals surface area contributed by atoms with Crippen LogP contribution in [0.15, 0.2) is 94.1 Å². The monoisotopic (exact) mass is 591 g/mol. The Kier molecular flexibility index (Phi) is 7.73. The lowest BCUT2D eigenvalue weighted by Crippen LogP contribution is -2.32. The third kappa shape index (κ3) is 5.56. The van der Waals surface area contributed by atoms with Gasteiger partial charge >= 0.3 is 0 Å². The van der Waals surface area contributed by atoms with Gasteiger partial charge in [0.05, 0.1) is 31.0 Å². The summed E-state index contributed by atoms with van der Waals surface area (Å²) in [6.45, 7) is 0. The van der Waals surface area contributed by atoms with Crippen molar-refractivity contribution in [3.05, 3.63) is 125 Å². The summed E-state index contributed by atoms with van der Waals surface area (Å²) in [6, 6.07) is 26.0. The topological polar surface area (TPSA) is 88.0 Å². The molecule has 6 nitrogen and oxygen atoms in total. The van der Waals surface area contributed by atoms with Gasteiger partial charge in [-0.2, -0.15) is 5.26 Å². The van der Waals surface area contributed by atoms with Crippen molar-refractivity contribution >= 4 is 69.4 Å². The van der Waals surface area contributed by atoms with Crippen LogP contribution < -0.4 is 20.1 Å². The second-order valence-electron chi connectivity index (χ2n) is 8.14. The Morgan fingerprint density at radius 2 is 1.67 bits per heavy atom. The number of thiazole rings is 1. The summed E-state index contributed by atoms with van der Waals surface area (Å²) >= 11 is 19.3. The van der Waals surface area contributed by atoms with E-state index in [1.54, 1.807) is 91.0 Å². The number of nitrogens with zero attached hydrogens (tertiary/aromatic N) is 2. The van der Waals surface area contributed by atoms with Crippen molar-refractivity contribution in [2.75, 3.05) is 5.32 Å². The lowest BCUT2D eigenvalue weighted by Gasteiger charge is -2.07. The minimum atomic E-state index is -0.692. The number of amides is 1. The number of para-hydroxylation sites is 2. The van der Waals surface area contributed by atoms with Gasteiger partial charge in [-0.25, -0.2) is 0 Å². The van der Waals surface area contributed by atoms with E-state index in [0.717, 1.165) is 11.3 Å². The van der Waals surface area contributed by atoms with E-state index in [-0.39, 0.29) is 14.8 Å². The van der Waals surface area contributed by atoms with E-state index in [1.807, 2.05) is 6.07 Å². The number of hydrogen-bond donors (Lipinski definition) is 1. The van der Waals surface area contributed by atoms with E-state index in [1.165, 1.54) is 4.57 Å². The molecule has 39 heavy (non-hydrogen) atoms. The van der Waals surface area contributed by atoms with Crippen LogP contribution in [0.4, 0.5) is 5.69 Å². The maximum Gasteiger partial charge on any atom is 0.273 e. The predicted molar refractivity (Wildman–Crippen MR) is 156 cm³/mol. The molecule has 0 unspecified atom stereocenters. The molecule has 0 atom stereocenters. The number of rotatable bonds is 5. The van der Waals surface area contributed by atoms with Crippen molar-refractivity contribution in [2.24, 2.45) is 0 Å². The van der Waals surface area contributed by atoms with Gasteiger partial charge in [0.1, 0.15) is 22.3 Å². The minimum Gasteiger partial charge on any atom is -0.457 e. The van der Waals surface area contributed by atoms with Crippen LogP contribution in [0.25, 0.3) is 28.7 Å². The molecule has 0 spiro atoms. The molecule has 0 saturated heterocycles. The van der Waals surface area contributed by atoms with Crippen LogP contribution in [0.3, 0.4) is 0 Å². The molecular formula is C29H16Cl3N3O3S. The number of hydrogen-bond acceptors (Lipinski definition) is 5. The minimum absolute atomic E-state index is 0.167. The summed E-state index contributed by atoms with van der Waals surface area (Å²) in [5, 5.41) is 13.8. The molecule has 10 heteroatoms. The summed E-state index contributed by atoms with van der Waals surface area (Å²) in [5.41, 5.74) is 0.916. The molecule has 192 valence electrons. The molecule has 5 rings (SSSR count). The summed E-state index contributed by atoms with van der Waals surface area (Å²) in [6.07, 6.45) is 1.57. The lowest BCUT2D eigenvalue weighted by molar-refractivity contribution is -0.111. The molecule has 0 fully saturated rings. The number of nitrogens with one attached hydrogen (secondary N) is 1. The summed E-state index contributed by atoms with van der Waals surface area (Å²) in [5.74, 6) is 0.242. The van der Waals surface area contributed by atoms with Crippen LogP contribution >= 0.6 is 46.1 Å². The van der Waals surface area contributed by atoms with Crippen LogP contribution in [0.5, 0.6) is 0 Å². The van der Waals surface area contributed by atoms with Gasteiger partial charge < -0.3 is 9.73 Å². The molecule has 3 aromatic carbocycles. The van der Waals surface area contributed by atoms with Crippen molar-refractivity contribution in [1.82, 2.24) is 4.57 Å². The Hall–Kier alpha value is -4.06. The van der Waals surface area contributed by atoms with Crippen LogP contribution in [-0.2, 0) is 4.79 Å². The number of anilines is 1. The van der Waals surface area contributed by atoms with Crippen molar-refractivity contribution in [2.45, 2.75) is 0 Å². The van der Waals surface area contributed by atoms with Crippen LogP contribution in [0.1, 0.15) is 5.76 Å². The highest BCUT2D eigenvalue weighted by atomic mass is 35.5. The second kappa shape index (κ2) is 11.4. The van der Waals surface area contributed by atoms with Crippen molar-refractivity contribution in [3.8, 4) is 23.1 Å². The van der Waals surface area contributed by atoms with Gasteiger partial charge in [0.15, 0.2) is 5.57 Å². The first kappa shape index (κ1) is 26.5. The molecule has 0 radical (unpaired) electrons. The number of carbonyl (C=O) groups is 1. The molecule has 0 bridgehead atoms. The van der Waals surface area contributed by atoms with Gasteiger partial charge in [-0.1, -0.05) is 65.1 Å². The number of halogens is 3. The Labute approximate surface area is 241 Å². The fraction of sp³-hybridized carbons (Fsp3) is 0. The molecule has 1 amide bonds. The fourth-order valence-corrected chi connectivity index (χ4v) is 5.33. The maximum absolute atomic E-state index is 13.6. The zero-order valence-electron chi connectivity index (χ0n) is 19.8. The van der Waals surface area contributed by atoms with Crippen molar-refractivity contribution in [1.29, 1.82) is 5.26 Å². The third-order valence-electron chi connectivity index (χ3n) is 5.62. The Morgan fingerprint density at radius 3 is 2.38 bits per heavy atom. The molecule has 5 aromatic rings. The van der Waals surface area contributed by atoms with Gasteiger partial charge in [0.25, 0.3) is 11.5 Å². The van der Waals surface area contributed by atoms with Gasteiger partial charge in [0, 0.05) is 11.6 Å². The van der Waals surface area contributed by atoms with Crippen LogP contribution in [0.2, 0.25) is 15.1 Å². The molecular weight excluding hydrogens is 577 g/mol. The largest absolute Gasteiger partial charge is 0.457 e. The first-order chi connectivity index (χ1) is 18.9. The van der Waals surface area contributed by atoms with Gasteiger partial charge in [-0.15, -0.1) is 11.3 Å². The van der Waals surface area contributed by atoms with Crippen LogP contribution in [-0.4, -0.2) is 10.5 Å². The number of carbonyl (C=O) groups excluding carboxylic acids is 1. The van der Waals surface area contributed by atoms with Crippen LogP contribution in [0, 0.1) is 11.3 Å².